The van der Waals surface area contributed by atoms with Crippen LogP contribution >= 0.6 is 11.3 Å². The van der Waals surface area contributed by atoms with Gasteiger partial charge in [0.15, 0.2) is 0 Å². The number of hydrogen-bond donors (Lipinski definition) is 1. The third kappa shape index (κ3) is 3.59. The van der Waals surface area contributed by atoms with Crippen molar-refractivity contribution in [1.82, 2.24) is 0 Å². The number of nitrogens with zero attached hydrogens (tertiary/aromatic N) is 1. The largest absolute Gasteiger partial charge is 0.321 e. The van der Waals surface area contributed by atoms with Crippen molar-refractivity contribution in [2.24, 2.45) is 0 Å². The first-order chi connectivity index (χ1) is 10.2. The molecular weight excluding hydrogens is 280 g/mol. The number of benzene rings is 1. The van der Waals surface area contributed by atoms with Gasteiger partial charge in [0.25, 0.3) is 5.91 Å². The second-order valence-corrected chi connectivity index (χ2v) is 5.55. The van der Waals surface area contributed by atoms with Crippen LogP contribution < -0.4 is 5.32 Å². The van der Waals surface area contributed by atoms with E-state index in [1.807, 2.05) is 55.6 Å². The molecule has 1 N–H and O–H groups in total. The summed E-state index contributed by atoms with van der Waals surface area (Å²) >= 11 is 1.52. The number of aryl methyl sites for hydroxylation is 2. The van der Waals surface area contributed by atoms with Gasteiger partial charge in [-0.15, -0.1) is 11.3 Å². The van der Waals surface area contributed by atoms with E-state index < -0.39 is 0 Å². The van der Waals surface area contributed by atoms with Gasteiger partial charge in [-0.25, -0.2) is 0 Å². The van der Waals surface area contributed by atoms with Crippen molar-refractivity contribution in [2.45, 2.75) is 20.3 Å². The van der Waals surface area contributed by atoms with E-state index in [1.165, 1.54) is 11.3 Å². The number of hydrogen-bond acceptors (Lipinski definition) is 3. The van der Waals surface area contributed by atoms with Gasteiger partial charge in [0.2, 0.25) is 0 Å². The molecule has 2 aromatic rings. The molecule has 1 aromatic heterocycles. The Balaban J connectivity index is 2.24. The predicted molar refractivity (Wildman–Crippen MR) is 87.1 cm³/mol. The Morgan fingerprint density at radius 2 is 2.14 bits per heavy atom. The monoisotopic (exact) mass is 296 g/mol. The molecule has 0 fully saturated rings. The molecule has 0 radical (unpaired) electrons. The first kappa shape index (κ1) is 15.0. The number of para-hydroxylation sites is 1. The van der Waals surface area contributed by atoms with Crippen LogP contribution in [-0.2, 0) is 11.2 Å². The Labute approximate surface area is 128 Å². The molecule has 4 heteroatoms. The van der Waals surface area contributed by atoms with Gasteiger partial charge >= 0.3 is 0 Å². The second kappa shape index (κ2) is 6.87. The van der Waals surface area contributed by atoms with E-state index in [4.69, 9.17) is 0 Å². The molecule has 106 valence electrons. The van der Waals surface area contributed by atoms with E-state index in [1.54, 1.807) is 6.08 Å². The molecule has 21 heavy (non-hydrogen) atoms. The molecule has 0 atom stereocenters. The number of nitrogens with one attached hydrogen (secondary N) is 1. The van der Waals surface area contributed by atoms with Crippen molar-refractivity contribution >= 4 is 29.0 Å². The molecule has 0 aliphatic carbocycles. The van der Waals surface area contributed by atoms with Crippen molar-refractivity contribution in [3.63, 3.8) is 0 Å². The van der Waals surface area contributed by atoms with Gasteiger partial charge in [0.05, 0.1) is 0 Å². The quantitative estimate of drug-likeness (QED) is 0.680. The fourth-order valence-corrected chi connectivity index (χ4v) is 2.81. The summed E-state index contributed by atoms with van der Waals surface area (Å²) in [5.41, 5.74) is 2.99. The van der Waals surface area contributed by atoms with Crippen molar-refractivity contribution < 1.29 is 4.79 Å². The Kier molecular flexibility index (Phi) is 4.91. The molecule has 1 aromatic carbocycles. The minimum Gasteiger partial charge on any atom is -0.321 e. The van der Waals surface area contributed by atoms with Crippen molar-refractivity contribution in [3.8, 4) is 6.07 Å². The second-order valence-electron chi connectivity index (χ2n) is 4.60. The first-order valence-corrected chi connectivity index (χ1v) is 7.58. The van der Waals surface area contributed by atoms with Crippen LogP contribution in [0.25, 0.3) is 6.08 Å². The number of rotatable bonds is 4. The molecular formula is C17H16N2OS. The summed E-state index contributed by atoms with van der Waals surface area (Å²) in [6.45, 7) is 3.99. The van der Waals surface area contributed by atoms with Crippen LogP contribution in [0.4, 0.5) is 5.69 Å². The lowest BCUT2D eigenvalue weighted by atomic mass is 10.1. The number of anilines is 1. The summed E-state index contributed by atoms with van der Waals surface area (Å²) in [6.07, 6.45) is 2.47. The summed E-state index contributed by atoms with van der Waals surface area (Å²) in [6, 6.07) is 11.6. The van der Waals surface area contributed by atoms with Gasteiger partial charge in [0.1, 0.15) is 11.6 Å². The van der Waals surface area contributed by atoms with E-state index in [9.17, 15) is 10.1 Å². The van der Waals surface area contributed by atoms with Gasteiger partial charge in [0, 0.05) is 10.6 Å². The number of carbonyl (C=O) groups is 1. The highest BCUT2D eigenvalue weighted by atomic mass is 32.1. The highest BCUT2D eigenvalue weighted by molar-refractivity contribution is 7.11. The molecule has 1 amide bonds. The zero-order chi connectivity index (χ0) is 15.2. The standard InChI is InChI=1S/C17H16N2OS/c1-3-13-6-4-5-7-15(13)19-17(20)14(11-18)10-16-12(2)8-9-21-16/h4-10H,3H2,1-2H3,(H,19,20). The van der Waals surface area contributed by atoms with Crippen LogP contribution in [0.5, 0.6) is 0 Å². The number of nitriles is 1. The van der Waals surface area contributed by atoms with Crippen LogP contribution in [0.15, 0.2) is 41.3 Å². The summed E-state index contributed by atoms with van der Waals surface area (Å²) < 4.78 is 0. The van der Waals surface area contributed by atoms with E-state index >= 15 is 0 Å². The zero-order valence-electron chi connectivity index (χ0n) is 12.0. The highest BCUT2D eigenvalue weighted by Crippen LogP contribution is 2.20. The fraction of sp³-hybridized carbons (Fsp3) is 0.176. The Morgan fingerprint density at radius 1 is 1.38 bits per heavy atom. The lowest BCUT2D eigenvalue weighted by Crippen LogP contribution is -2.14. The summed E-state index contributed by atoms with van der Waals surface area (Å²) in [4.78, 5) is 13.2. The van der Waals surface area contributed by atoms with E-state index in [0.717, 1.165) is 28.1 Å². The smallest absolute Gasteiger partial charge is 0.266 e. The van der Waals surface area contributed by atoms with Crippen molar-refractivity contribution in [3.05, 3.63) is 57.3 Å². The maximum absolute atomic E-state index is 12.3. The first-order valence-electron chi connectivity index (χ1n) is 6.70. The van der Waals surface area contributed by atoms with E-state index in [2.05, 4.69) is 5.32 Å². The van der Waals surface area contributed by atoms with Gasteiger partial charge in [-0.2, -0.15) is 5.26 Å². The van der Waals surface area contributed by atoms with Crippen molar-refractivity contribution in [1.29, 1.82) is 5.26 Å². The molecule has 0 aliphatic heterocycles. The average molecular weight is 296 g/mol. The van der Waals surface area contributed by atoms with Gasteiger partial charge < -0.3 is 5.32 Å². The topological polar surface area (TPSA) is 52.9 Å². The van der Waals surface area contributed by atoms with Crippen LogP contribution in [0.3, 0.4) is 0 Å². The van der Waals surface area contributed by atoms with Gasteiger partial charge in [-0.1, -0.05) is 25.1 Å². The third-order valence-electron chi connectivity index (χ3n) is 3.19. The van der Waals surface area contributed by atoms with E-state index in [0.29, 0.717) is 0 Å². The molecule has 1 heterocycles. The minimum absolute atomic E-state index is 0.117. The molecule has 0 saturated carbocycles. The Morgan fingerprint density at radius 3 is 2.76 bits per heavy atom. The molecule has 0 saturated heterocycles. The molecule has 0 unspecified atom stereocenters. The molecule has 2 rings (SSSR count). The van der Waals surface area contributed by atoms with Gasteiger partial charge in [-0.3, -0.25) is 4.79 Å². The minimum atomic E-state index is -0.369. The summed E-state index contributed by atoms with van der Waals surface area (Å²) in [5, 5.41) is 14.0. The van der Waals surface area contributed by atoms with Gasteiger partial charge in [-0.05, 0) is 48.1 Å². The lowest BCUT2D eigenvalue weighted by molar-refractivity contribution is -0.112. The summed E-state index contributed by atoms with van der Waals surface area (Å²) in [7, 11) is 0. The number of thiophene rings is 1. The number of amides is 1. The van der Waals surface area contributed by atoms with Crippen LogP contribution in [0, 0.1) is 18.3 Å². The van der Waals surface area contributed by atoms with E-state index in [-0.39, 0.29) is 11.5 Å². The molecule has 0 bridgehead atoms. The van der Waals surface area contributed by atoms with Crippen LogP contribution in [-0.4, -0.2) is 5.91 Å². The Bertz CT molecular complexity index is 722. The maximum Gasteiger partial charge on any atom is 0.266 e. The molecule has 3 nitrogen and oxygen atoms in total. The SMILES string of the molecule is CCc1ccccc1NC(=O)C(C#N)=Cc1sccc1C. The Hall–Kier alpha value is -2.38. The fourth-order valence-electron chi connectivity index (χ4n) is 1.95. The molecule has 0 aliphatic rings. The zero-order valence-corrected chi connectivity index (χ0v) is 12.8. The third-order valence-corrected chi connectivity index (χ3v) is 4.15. The lowest BCUT2D eigenvalue weighted by Gasteiger charge is -2.08. The predicted octanol–water partition coefficient (Wildman–Crippen LogP) is 4.16. The molecule has 0 spiro atoms. The maximum atomic E-state index is 12.3. The average Bonchev–Trinajstić information content (AvgIpc) is 2.90. The highest BCUT2D eigenvalue weighted by Gasteiger charge is 2.12. The van der Waals surface area contributed by atoms with Crippen LogP contribution in [0.1, 0.15) is 22.9 Å². The van der Waals surface area contributed by atoms with Crippen molar-refractivity contribution in [2.75, 3.05) is 5.32 Å². The normalized spacial score (nSPS) is 11.0. The van der Waals surface area contributed by atoms with Crippen LogP contribution in [0.2, 0.25) is 0 Å². The summed E-state index contributed by atoms with van der Waals surface area (Å²) in [5.74, 6) is -0.369. The number of carbonyl (C=O) groups excluding carboxylic acids is 1.